The van der Waals surface area contributed by atoms with Crippen molar-refractivity contribution in [3.05, 3.63) is 119 Å². The van der Waals surface area contributed by atoms with Gasteiger partial charge in [0, 0.05) is 18.7 Å². The van der Waals surface area contributed by atoms with Crippen molar-refractivity contribution in [2.45, 2.75) is 89.1 Å². The zero-order valence-electron chi connectivity index (χ0n) is 36.1. The van der Waals surface area contributed by atoms with E-state index in [1.807, 2.05) is 68.4 Å². The molecule has 1 aliphatic carbocycles. The highest BCUT2D eigenvalue weighted by molar-refractivity contribution is 5.92. The third-order valence-electron chi connectivity index (χ3n) is 12.9. The van der Waals surface area contributed by atoms with Crippen LogP contribution in [0, 0.1) is 5.92 Å². The van der Waals surface area contributed by atoms with Crippen molar-refractivity contribution in [3.63, 3.8) is 0 Å². The molecule has 9 rings (SSSR count). The minimum atomic E-state index is -0.962. The maximum Gasteiger partial charge on any atom is 0.408 e. The molecule has 0 unspecified atom stereocenters. The van der Waals surface area contributed by atoms with Crippen molar-refractivity contribution in [1.82, 2.24) is 40.4 Å². The van der Waals surface area contributed by atoms with Crippen LogP contribution < -0.4 is 16.2 Å². The lowest BCUT2D eigenvalue weighted by molar-refractivity contribution is -0.136. The summed E-state index contributed by atoms with van der Waals surface area (Å²) in [7, 11) is 1.28. The summed E-state index contributed by atoms with van der Waals surface area (Å²) in [5.41, 5.74) is 4.48. The molecule has 2 saturated heterocycles. The molecule has 15 nitrogen and oxygen atoms in total. The number of aromatic amines is 2. The fraction of sp³-hybridized carbons (Fsp3) is 0.367. The number of hydrogen-bond donors (Lipinski definition) is 4. The fourth-order valence-corrected chi connectivity index (χ4v) is 9.14. The molecule has 0 bridgehead atoms. The molecule has 4 aromatic carbocycles. The molecule has 4 heterocycles. The summed E-state index contributed by atoms with van der Waals surface area (Å²) in [5, 5.41) is 8.00. The van der Waals surface area contributed by atoms with Gasteiger partial charge < -0.3 is 39.9 Å². The number of imidazole rings is 1. The van der Waals surface area contributed by atoms with E-state index in [1.165, 1.54) is 7.11 Å². The second kappa shape index (κ2) is 18.0. The quantitative estimate of drug-likeness (QED) is 0.100. The van der Waals surface area contributed by atoms with E-state index in [0.717, 1.165) is 65.3 Å². The largest absolute Gasteiger partial charge is 0.453 e. The molecule has 1 saturated carbocycles. The van der Waals surface area contributed by atoms with E-state index in [4.69, 9.17) is 19.4 Å². The molecule has 64 heavy (non-hydrogen) atoms. The second-order valence-electron chi connectivity index (χ2n) is 17.3. The van der Waals surface area contributed by atoms with Gasteiger partial charge in [-0.05, 0) is 103 Å². The van der Waals surface area contributed by atoms with Gasteiger partial charge in [-0.15, -0.1) is 0 Å². The average molecular weight is 865 g/mol. The van der Waals surface area contributed by atoms with Crippen LogP contribution in [0.15, 0.2) is 95.9 Å². The number of methoxy groups -OCH3 is 1. The Hall–Kier alpha value is -7.03. The number of amides is 4. The van der Waals surface area contributed by atoms with Crippen molar-refractivity contribution < 1.29 is 28.7 Å². The van der Waals surface area contributed by atoms with E-state index in [-0.39, 0.29) is 35.4 Å². The number of alkyl carbamates (subject to hydrolysis) is 2. The minimum Gasteiger partial charge on any atom is -0.453 e. The van der Waals surface area contributed by atoms with E-state index in [9.17, 15) is 24.0 Å². The number of benzene rings is 4. The molecule has 330 valence electrons. The molecule has 4 amide bonds. The molecular weight excluding hydrogens is 813 g/mol. The van der Waals surface area contributed by atoms with Gasteiger partial charge in [0.15, 0.2) is 0 Å². The van der Waals surface area contributed by atoms with Crippen LogP contribution in [0.4, 0.5) is 9.59 Å². The lowest BCUT2D eigenvalue weighted by Crippen LogP contribution is -2.51. The maximum absolute atomic E-state index is 14.3. The Morgan fingerprint density at radius 3 is 2.06 bits per heavy atom. The highest BCUT2D eigenvalue weighted by Gasteiger charge is 2.39. The SMILES string of the molecule is COC(=O)N[C@H](C(=O)N1CCC[C@H]1c1ncc(-c2ccc3cc(-c4ccc5c(=O)[nH]c([C@@H]6CCCN6C(=O)[C@H](NC(=O)OC6CCC6)c6ccccc6)nc5c4)ccc3c2)[nH]1)C(C)C. The first-order valence-corrected chi connectivity index (χ1v) is 22.2. The van der Waals surface area contributed by atoms with Crippen LogP contribution in [0.1, 0.15) is 94.1 Å². The molecule has 15 heteroatoms. The number of ether oxygens (including phenoxy) is 2. The summed E-state index contributed by atoms with van der Waals surface area (Å²) in [4.78, 5) is 86.0. The minimum absolute atomic E-state index is 0.126. The van der Waals surface area contributed by atoms with E-state index in [1.54, 1.807) is 22.1 Å². The van der Waals surface area contributed by atoms with Gasteiger partial charge in [0.05, 0.1) is 42.0 Å². The van der Waals surface area contributed by atoms with Gasteiger partial charge >= 0.3 is 12.2 Å². The highest BCUT2D eigenvalue weighted by atomic mass is 16.6. The lowest BCUT2D eigenvalue weighted by atomic mass is 9.96. The van der Waals surface area contributed by atoms with E-state index in [0.29, 0.717) is 54.0 Å². The number of nitrogens with one attached hydrogen (secondary N) is 4. The van der Waals surface area contributed by atoms with Crippen LogP contribution in [-0.4, -0.2) is 86.1 Å². The summed E-state index contributed by atoms with van der Waals surface area (Å²) in [5.74, 6) is 0.529. The lowest BCUT2D eigenvalue weighted by Gasteiger charge is -2.30. The molecule has 3 aliphatic rings. The Balaban J connectivity index is 0.932. The van der Waals surface area contributed by atoms with Crippen molar-refractivity contribution in [1.29, 1.82) is 0 Å². The van der Waals surface area contributed by atoms with Crippen molar-refractivity contribution in [2.24, 2.45) is 5.92 Å². The molecule has 2 aliphatic heterocycles. The number of rotatable bonds is 11. The van der Waals surface area contributed by atoms with E-state index >= 15 is 0 Å². The van der Waals surface area contributed by atoms with Gasteiger partial charge in [-0.2, -0.15) is 0 Å². The maximum atomic E-state index is 14.3. The summed E-state index contributed by atoms with van der Waals surface area (Å²) in [6.45, 7) is 4.81. The van der Waals surface area contributed by atoms with E-state index in [2.05, 4.69) is 44.9 Å². The first-order chi connectivity index (χ1) is 31.0. The smallest absolute Gasteiger partial charge is 0.408 e. The predicted octanol–water partition coefficient (Wildman–Crippen LogP) is 7.86. The monoisotopic (exact) mass is 864 g/mol. The standard InChI is InChI=1S/C49H52N8O7/c1-28(2)41(53-48(61)63-3)46(59)56-22-8-14-39(56)43-50-27-38(52-43)34-19-18-30-24-31(16-17-32(30)25-34)33-20-21-36-37(26-33)51-44(55-45(36)58)40-15-9-23-57(40)47(60)42(29-10-5-4-6-11-29)54-49(62)64-35-12-7-13-35/h4-6,10-11,16-21,24-28,35,39-42H,7-9,12-15,22-23H2,1-3H3,(H,50,52)(H,53,61)(H,54,62)(H,51,55,58)/t39-,40-,41-,42+/m0/s1. The molecular formula is C49H52N8O7. The number of nitrogens with zero attached hydrogens (tertiary/aromatic N) is 4. The third-order valence-corrected chi connectivity index (χ3v) is 12.9. The van der Waals surface area contributed by atoms with E-state index < -0.39 is 30.3 Å². The third kappa shape index (κ3) is 8.53. The summed E-state index contributed by atoms with van der Waals surface area (Å²) < 4.78 is 10.3. The zero-order chi connectivity index (χ0) is 44.5. The highest BCUT2D eigenvalue weighted by Crippen LogP contribution is 2.36. The van der Waals surface area contributed by atoms with Gasteiger partial charge in [-0.1, -0.05) is 74.5 Å². The number of hydrogen-bond acceptors (Lipinski definition) is 9. The Labute approximate surface area is 369 Å². The Bertz CT molecular complexity index is 2780. The Kier molecular flexibility index (Phi) is 11.9. The van der Waals surface area contributed by atoms with Crippen LogP contribution in [0.5, 0.6) is 0 Å². The Morgan fingerprint density at radius 1 is 0.719 bits per heavy atom. The van der Waals surface area contributed by atoms with Crippen molar-refractivity contribution in [2.75, 3.05) is 20.2 Å². The second-order valence-corrected chi connectivity index (χ2v) is 17.3. The summed E-state index contributed by atoms with van der Waals surface area (Å²) >= 11 is 0. The number of fused-ring (bicyclic) bond motifs is 2. The number of H-pyrrole nitrogens is 2. The first-order valence-electron chi connectivity index (χ1n) is 22.2. The van der Waals surface area contributed by atoms with Gasteiger partial charge in [0.25, 0.3) is 11.5 Å². The van der Waals surface area contributed by atoms with Gasteiger partial charge in [-0.25, -0.2) is 19.6 Å². The summed E-state index contributed by atoms with van der Waals surface area (Å²) in [6, 6.07) is 24.7. The van der Waals surface area contributed by atoms with Crippen LogP contribution in [-0.2, 0) is 19.1 Å². The van der Waals surface area contributed by atoms with Crippen molar-refractivity contribution >= 4 is 45.7 Å². The molecule has 6 aromatic rings. The number of aromatic nitrogens is 4. The topological polar surface area (TPSA) is 192 Å². The molecule has 4 N–H and O–H groups in total. The number of carbonyl (C=O) groups is 4. The molecule has 4 atom stereocenters. The van der Waals surface area contributed by atoms with Crippen LogP contribution in [0.25, 0.3) is 44.1 Å². The van der Waals surface area contributed by atoms with Gasteiger partial charge in [0.1, 0.15) is 29.8 Å². The average Bonchev–Trinajstić information content (AvgIpc) is 4.10. The predicted molar refractivity (Wildman–Crippen MR) is 241 cm³/mol. The normalized spacial score (nSPS) is 18.5. The number of carbonyl (C=O) groups excluding carboxylic acids is 4. The number of likely N-dealkylation sites (tertiary alicyclic amines) is 2. The van der Waals surface area contributed by atoms with Gasteiger partial charge in [-0.3, -0.25) is 14.4 Å². The fourth-order valence-electron chi connectivity index (χ4n) is 9.14. The molecule has 0 spiro atoms. The van der Waals surface area contributed by atoms with Gasteiger partial charge in [0.2, 0.25) is 5.91 Å². The zero-order valence-corrected chi connectivity index (χ0v) is 36.1. The first kappa shape index (κ1) is 42.3. The molecule has 2 aromatic heterocycles. The molecule has 0 radical (unpaired) electrons. The van der Waals surface area contributed by atoms with Crippen molar-refractivity contribution in [3.8, 4) is 22.4 Å². The molecule has 3 fully saturated rings. The Morgan fingerprint density at radius 2 is 1.38 bits per heavy atom. The summed E-state index contributed by atoms with van der Waals surface area (Å²) in [6.07, 6.45) is 5.95. The van der Waals surface area contributed by atoms with Crippen LogP contribution in [0.3, 0.4) is 0 Å². The van der Waals surface area contributed by atoms with Crippen LogP contribution in [0.2, 0.25) is 0 Å². The van der Waals surface area contributed by atoms with Crippen LogP contribution >= 0.6 is 0 Å².